The molecular weight excluding hydrogens is 248 g/mol. The highest BCUT2D eigenvalue weighted by Crippen LogP contribution is 2.35. The third-order valence-corrected chi connectivity index (χ3v) is 2.99. The maximum Gasteiger partial charge on any atom is 0.277 e. The number of ether oxygens (including phenoxy) is 2. The lowest BCUT2D eigenvalue weighted by Crippen LogP contribution is -2.15. The number of nitrogens with two attached hydrogens (primary N) is 1. The van der Waals surface area contributed by atoms with Crippen LogP contribution >= 0.6 is 0 Å². The standard InChI is InChI=1S/C13H20N2O4/c1-4-10(5-2)19-13-7-11(15(16)17)9(8-14)6-12(13)18-3/h6-7,10H,4-5,8,14H2,1-3H3. The van der Waals surface area contributed by atoms with E-state index in [1.807, 2.05) is 13.8 Å². The van der Waals surface area contributed by atoms with E-state index < -0.39 is 4.92 Å². The van der Waals surface area contributed by atoms with E-state index in [1.165, 1.54) is 13.2 Å². The van der Waals surface area contributed by atoms with Gasteiger partial charge < -0.3 is 15.2 Å². The van der Waals surface area contributed by atoms with Crippen molar-refractivity contribution >= 4 is 5.69 Å². The summed E-state index contributed by atoms with van der Waals surface area (Å²) in [4.78, 5) is 10.6. The quantitative estimate of drug-likeness (QED) is 0.606. The first-order valence-corrected chi connectivity index (χ1v) is 6.29. The molecule has 19 heavy (non-hydrogen) atoms. The molecule has 1 rings (SSSR count). The van der Waals surface area contributed by atoms with E-state index in [9.17, 15) is 10.1 Å². The minimum atomic E-state index is -0.457. The Labute approximate surface area is 112 Å². The van der Waals surface area contributed by atoms with Crippen molar-refractivity contribution < 1.29 is 14.4 Å². The van der Waals surface area contributed by atoms with Crippen molar-refractivity contribution in [3.63, 3.8) is 0 Å². The summed E-state index contributed by atoms with van der Waals surface area (Å²) in [5, 5.41) is 11.0. The van der Waals surface area contributed by atoms with Gasteiger partial charge in [-0.15, -0.1) is 0 Å². The lowest BCUT2D eigenvalue weighted by Gasteiger charge is -2.18. The normalized spacial score (nSPS) is 10.6. The van der Waals surface area contributed by atoms with Crippen LogP contribution in [0.4, 0.5) is 5.69 Å². The fourth-order valence-electron chi connectivity index (χ4n) is 1.81. The zero-order chi connectivity index (χ0) is 14.4. The molecular formula is C13H20N2O4. The summed E-state index contributed by atoms with van der Waals surface area (Å²) < 4.78 is 11.0. The highest BCUT2D eigenvalue weighted by atomic mass is 16.6. The third-order valence-electron chi connectivity index (χ3n) is 2.99. The van der Waals surface area contributed by atoms with Gasteiger partial charge in [-0.1, -0.05) is 13.8 Å². The maximum atomic E-state index is 11.0. The largest absolute Gasteiger partial charge is 0.493 e. The summed E-state index contributed by atoms with van der Waals surface area (Å²) in [5.41, 5.74) is 5.91. The number of nitro benzene ring substituents is 1. The van der Waals surface area contributed by atoms with E-state index in [0.29, 0.717) is 17.1 Å². The van der Waals surface area contributed by atoms with Crippen molar-refractivity contribution in [3.8, 4) is 11.5 Å². The molecule has 6 heteroatoms. The predicted molar refractivity (Wildman–Crippen MR) is 72.5 cm³/mol. The van der Waals surface area contributed by atoms with Crippen LogP contribution in [0.15, 0.2) is 12.1 Å². The van der Waals surface area contributed by atoms with Crippen LogP contribution in [0.2, 0.25) is 0 Å². The van der Waals surface area contributed by atoms with E-state index >= 15 is 0 Å². The topological polar surface area (TPSA) is 87.6 Å². The lowest BCUT2D eigenvalue weighted by molar-refractivity contribution is -0.385. The van der Waals surface area contributed by atoms with Crippen molar-refractivity contribution in [3.05, 3.63) is 27.8 Å². The molecule has 0 aliphatic heterocycles. The summed E-state index contributed by atoms with van der Waals surface area (Å²) in [6, 6.07) is 2.95. The molecule has 0 radical (unpaired) electrons. The van der Waals surface area contributed by atoms with Gasteiger partial charge in [0, 0.05) is 12.1 Å². The molecule has 0 heterocycles. The predicted octanol–water partition coefficient (Wildman–Crippen LogP) is 2.63. The lowest BCUT2D eigenvalue weighted by atomic mass is 10.1. The molecule has 0 bridgehead atoms. The van der Waals surface area contributed by atoms with Gasteiger partial charge in [-0.2, -0.15) is 0 Å². The number of methoxy groups -OCH3 is 1. The van der Waals surface area contributed by atoms with Gasteiger partial charge in [0.2, 0.25) is 0 Å². The highest BCUT2D eigenvalue weighted by molar-refractivity contribution is 5.54. The van der Waals surface area contributed by atoms with Crippen molar-refractivity contribution in [2.24, 2.45) is 5.73 Å². The average Bonchev–Trinajstić information content (AvgIpc) is 2.43. The summed E-state index contributed by atoms with van der Waals surface area (Å²) in [7, 11) is 1.50. The van der Waals surface area contributed by atoms with Crippen molar-refractivity contribution in [1.82, 2.24) is 0 Å². The first-order chi connectivity index (χ1) is 9.07. The Hall–Kier alpha value is -1.82. The molecule has 1 aromatic carbocycles. The Morgan fingerprint density at radius 2 is 1.95 bits per heavy atom. The second-order valence-corrected chi connectivity index (χ2v) is 4.15. The van der Waals surface area contributed by atoms with Crippen molar-refractivity contribution in [1.29, 1.82) is 0 Å². The number of hydrogen-bond donors (Lipinski definition) is 1. The fourth-order valence-corrected chi connectivity index (χ4v) is 1.81. The van der Waals surface area contributed by atoms with E-state index in [0.717, 1.165) is 12.8 Å². The summed E-state index contributed by atoms with van der Waals surface area (Å²) in [6.07, 6.45) is 1.66. The van der Waals surface area contributed by atoms with Gasteiger partial charge in [-0.05, 0) is 18.9 Å². The van der Waals surface area contributed by atoms with E-state index in [4.69, 9.17) is 15.2 Å². The van der Waals surface area contributed by atoms with E-state index in [1.54, 1.807) is 6.07 Å². The first-order valence-electron chi connectivity index (χ1n) is 6.29. The molecule has 2 N–H and O–H groups in total. The molecule has 0 fully saturated rings. The van der Waals surface area contributed by atoms with Crippen LogP contribution in [0.1, 0.15) is 32.3 Å². The number of rotatable bonds is 7. The van der Waals surface area contributed by atoms with E-state index in [2.05, 4.69) is 0 Å². The van der Waals surface area contributed by atoms with Gasteiger partial charge in [0.25, 0.3) is 5.69 Å². The summed E-state index contributed by atoms with van der Waals surface area (Å²) in [5.74, 6) is 0.859. The van der Waals surface area contributed by atoms with Crippen LogP contribution in [0.25, 0.3) is 0 Å². The van der Waals surface area contributed by atoms with Gasteiger partial charge in [0.1, 0.15) is 0 Å². The number of nitrogens with zero attached hydrogens (tertiary/aromatic N) is 1. The Bertz CT molecular complexity index is 445. The Morgan fingerprint density at radius 1 is 1.32 bits per heavy atom. The van der Waals surface area contributed by atoms with Crippen LogP contribution in [0, 0.1) is 10.1 Å². The summed E-state index contributed by atoms with van der Waals surface area (Å²) >= 11 is 0. The molecule has 0 aliphatic rings. The SMILES string of the molecule is CCC(CC)Oc1cc([N+](=O)[O-])c(CN)cc1OC. The average molecular weight is 268 g/mol. The van der Waals surface area contributed by atoms with Gasteiger partial charge in [-0.3, -0.25) is 10.1 Å². The molecule has 0 atom stereocenters. The molecule has 0 unspecified atom stereocenters. The van der Waals surface area contributed by atoms with E-state index in [-0.39, 0.29) is 18.3 Å². The summed E-state index contributed by atoms with van der Waals surface area (Å²) in [6.45, 7) is 4.09. The van der Waals surface area contributed by atoms with Gasteiger partial charge in [-0.25, -0.2) is 0 Å². The van der Waals surface area contributed by atoms with Gasteiger partial charge in [0.15, 0.2) is 11.5 Å². The second-order valence-electron chi connectivity index (χ2n) is 4.15. The zero-order valence-corrected chi connectivity index (χ0v) is 11.5. The molecule has 0 amide bonds. The van der Waals surface area contributed by atoms with Crippen LogP contribution in [0.3, 0.4) is 0 Å². The molecule has 6 nitrogen and oxygen atoms in total. The smallest absolute Gasteiger partial charge is 0.277 e. The van der Waals surface area contributed by atoms with Gasteiger partial charge in [0.05, 0.1) is 24.2 Å². The van der Waals surface area contributed by atoms with Crippen LogP contribution in [-0.2, 0) is 6.54 Å². The molecule has 1 aromatic rings. The number of hydrogen-bond acceptors (Lipinski definition) is 5. The number of nitro groups is 1. The molecule has 0 saturated heterocycles. The van der Waals surface area contributed by atoms with Crippen LogP contribution in [-0.4, -0.2) is 18.1 Å². The first kappa shape index (κ1) is 15.2. The Kier molecular flexibility index (Phi) is 5.57. The minimum absolute atomic E-state index is 0.0113. The third kappa shape index (κ3) is 3.57. The molecule has 0 aliphatic carbocycles. The van der Waals surface area contributed by atoms with Crippen LogP contribution < -0.4 is 15.2 Å². The Morgan fingerprint density at radius 3 is 2.37 bits per heavy atom. The molecule has 0 spiro atoms. The fraction of sp³-hybridized carbons (Fsp3) is 0.538. The Balaban J connectivity index is 3.21. The maximum absolute atomic E-state index is 11.0. The van der Waals surface area contributed by atoms with Gasteiger partial charge >= 0.3 is 0 Å². The van der Waals surface area contributed by atoms with Crippen molar-refractivity contribution in [2.45, 2.75) is 39.3 Å². The minimum Gasteiger partial charge on any atom is -0.493 e. The number of benzene rings is 1. The van der Waals surface area contributed by atoms with Crippen molar-refractivity contribution in [2.75, 3.05) is 7.11 Å². The molecule has 106 valence electrons. The highest BCUT2D eigenvalue weighted by Gasteiger charge is 2.20. The molecule has 0 saturated carbocycles. The molecule has 0 aromatic heterocycles. The zero-order valence-electron chi connectivity index (χ0n) is 11.5. The van der Waals surface area contributed by atoms with Crippen LogP contribution in [0.5, 0.6) is 11.5 Å². The monoisotopic (exact) mass is 268 g/mol. The second kappa shape index (κ2) is 6.94.